The maximum Gasteiger partial charge on any atom is 0.147 e. The lowest BCUT2D eigenvalue weighted by molar-refractivity contribution is 0.420. The van der Waals surface area contributed by atoms with Gasteiger partial charge in [0.25, 0.3) is 0 Å². The fourth-order valence-corrected chi connectivity index (χ4v) is 2.67. The van der Waals surface area contributed by atoms with E-state index in [2.05, 4.69) is 40.0 Å². The summed E-state index contributed by atoms with van der Waals surface area (Å²) >= 11 is 3.43. The predicted octanol–water partition coefficient (Wildman–Crippen LogP) is 2.77. The van der Waals surface area contributed by atoms with Crippen LogP contribution in [0, 0.1) is 5.82 Å². The van der Waals surface area contributed by atoms with E-state index in [-0.39, 0.29) is 5.82 Å². The molecule has 0 radical (unpaired) electrons. The highest BCUT2D eigenvalue weighted by Crippen LogP contribution is 2.31. The first-order valence-corrected chi connectivity index (χ1v) is 6.33. The summed E-state index contributed by atoms with van der Waals surface area (Å²) in [5.74, 6) is -0.157. The van der Waals surface area contributed by atoms with Crippen LogP contribution in [0.3, 0.4) is 0 Å². The fraction of sp³-hybridized carbons (Fsp3) is 0.500. The highest BCUT2D eigenvalue weighted by molar-refractivity contribution is 9.10. The van der Waals surface area contributed by atoms with Gasteiger partial charge in [-0.15, -0.1) is 0 Å². The summed E-state index contributed by atoms with van der Waals surface area (Å²) in [4.78, 5) is 2.13. The summed E-state index contributed by atoms with van der Waals surface area (Å²) in [6.45, 7) is 5.95. The Morgan fingerprint density at radius 2 is 2.19 bits per heavy atom. The van der Waals surface area contributed by atoms with Crippen LogP contribution < -0.4 is 10.2 Å². The number of benzene rings is 1. The minimum Gasteiger partial charge on any atom is -0.363 e. The van der Waals surface area contributed by atoms with Crippen LogP contribution in [0.15, 0.2) is 22.7 Å². The van der Waals surface area contributed by atoms with E-state index in [4.69, 9.17) is 0 Å². The third-order valence-corrected chi connectivity index (χ3v) is 3.63. The maximum absolute atomic E-state index is 13.8. The van der Waals surface area contributed by atoms with Crippen molar-refractivity contribution >= 4 is 21.6 Å². The first-order valence-electron chi connectivity index (χ1n) is 5.53. The molecule has 1 heterocycles. The highest BCUT2D eigenvalue weighted by atomic mass is 79.9. The molecule has 88 valence electrons. The molecule has 2 nitrogen and oxygen atoms in total. The van der Waals surface area contributed by atoms with E-state index in [1.807, 2.05) is 6.07 Å². The lowest BCUT2D eigenvalue weighted by atomic mass is 10.1. The molecular formula is C12H16BrFN2. The topological polar surface area (TPSA) is 15.3 Å². The predicted molar refractivity (Wildman–Crippen MR) is 68.4 cm³/mol. The molecule has 4 heteroatoms. The first-order chi connectivity index (χ1) is 7.59. The third kappa shape index (κ3) is 2.23. The van der Waals surface area contributed by atoms with Crippen LogP contribution in [0.5, 0.6) is 0 Å². The van der Waals surface area contributed by atoms with Gasteiger partial charge in [-0.25, -0.2) is 4.39 Å². The minimum absolute atomic E-state index is 0.157. The molecule has 1 fully saturated rings. The van der Waals surface area contributed by atoms with Gasteiger partial charge in [0, 0.05) is 29.6 Å². The number of nitrogens with zero attached hydrogens (tertiary/aromatic N) is 1. The van der Waals surface area contributed by atoms with Crippen LogP contribution in [0.4, 0.5) is 10.1 Å². The van der Waals surface area contributed by atoms with Crippen molar-refractivity contribution in [2.75, 3.05) is 18.0 Å². The third-order valence-electron chi connectivity index (χ3n) is 2.99. The van der Waals surface area contributed by atoms with Gasteiger partial charge in [0.2, 0.25) is 0 Å². The first kappa shape index (κ1) is 11.9. The van der Waals surface area contributed by atoms with Gasteiger partial charge in [-0.2, -0.15) is 0 Å². The molecule has 0 aromatic heterocycles. The van der Waals surface area contributed by atoms with Crippen molar-refractivity contribution in [1.29, 1.82) is 0 Å². The van der Waals surface area contributed by atoms with Crippen LogP contribution in [0.1, 0.15) is 13.8 Å². The highest BCUT2D eigenvalue weighted by Gasteiger charge is 2.25. The Balaban J connectivity index is 2.35. The van der Waals surface area contributed by atoms with Crippen LogP contribution in [-0.4, -0.2) is 25.2 Å². The van der Waals surface area contributed by atoms with Gasteiger partial charge >= 0.3 is 0 Å². The van der Waals surface area contributed by atoms with Crippen LogP contribution >= 0.6 is 15.9 Å². The van der Waals surface area contributed by atoms with Gasteiger partial charge < -0.3 is 10.2 Å². The number of hydrogen-bond acceptors (Lipinski definition) is 2. The zero-order valence-electron chi connectivity index (χ0n) is 9.50. The van der Waals surface area contributed by atoms with E-state index in [0.717, 1.165) is 17.6 Å². The fourth-order valence-electron chi connectivity index (χ4n) is 2.10. The van der Waals surface area contributed by atoms with Crippen molar-refractivity contribution in [3.05, 3.63) is 28.5 Å². The Morgan fingerprint density at radius 3 is 2.88 bits per heavy atom. The van der Waals surface area contributed by atoms with E-state index in [9.17, 15) is 4.39 Å². The van der Waals surface area contributed by atoms with Crippen molar-refractivity contribution in [3.63, 3.8) is 0 Å². The van der Waals surface area contributed by atoms with E-state index >= 15 is 0 Å². The molecule has 0 aliphatic carbocycles. The molecule has 1 aromatic rings. The van der Waals surface area contributed by atoms with Gasteiger partial charge in [-0.1, -0.05) is 6.07 Å². The normalized spacial score (nSPS) is 25.9. The van der Waals surface area contributed by atoms with E-state index in [0.29, 0.717) is 17.8 Å². The minimum atomic E-state index is -0.157. The molecule has 2 unspecified atom stereocenters. The second-order valence-corrected chi connectivity index (χ2v) is 5.24. The Morgan fingerprint density at radius 1 is 1.44 bits per heavy atom. The number of hydrogen-bond donors (Lipinski definition) is 1. The smallest absolute Gasteiger partial charge is 0.147 e. The number of rotatable bonds is 1. The summed E-state index contributed by atoms with van der Waals surface area (Å²) in [6, 6.07) is 5.82. The second-order valence-electron chi connectivity index (χ2n) is 4.38. The summed E-state index contributed by atoms with van der Waals surface area (Å²) in [5.41, 5.74) is 0.684. The largest absolute Gasteiger partial charge is 0.363 e. The van der Waals surface area contributed by atoms with Crippen molar-refractivity contribution in [1.82, 2.24) is 5.32 Å². The average Bonchev–Trinajstić information content (AvgIpc) is 2.23. The van der Waals surface area contributed by atoms with E-state index in [1.54, 1.807) is 6.07 Å². The van der Waals surface area contributed by atoms with Crippen molar-refractivity contribution in [2.45, 2.75) is 25.9 Å². The van der Waals surface area contributed by atoms with Gasteiger partial charge in [0.1, 0.15) is 5.82 Å². The summed E-state index contributed by atoms with van der Waals surface area (Å²) in [5, 5.41) is 3.39. The molecule has 1 aliphatic heterocycles. The molecule has 16 heavy (non-hydrogen) atoms. The van der Waals surface area contributed by atoms with Crippen LogP contribution in [-0.2, 0) is 0 Å². The number of halogens is 2. The van der Waals surface area contributed by atoms with Crippen molar-refractivity contribution < 1.29 is 4.39 Å². The molecular weight excluding hydrogens is 271 g/mol. The molecule has 1 N–H and O–H groups in total. The second kappa shape index (κ2) is 4.72. The molecule has 2 rings (SSSR count). The van der Waals surface area contributed by atoms with Crippen molar-refractivity contribution in [3.8, 4) is 0 Å². The standard InChI is InChI=1S/C12H16BrFN2/c1-8-7-16(9(2)6-15-8)12-10(13)4-3-5-11(12)14/h3-5,8-9,15H,6-7H2,1-2H3. The molecule has 0 spiro atoms. The summed E-state index contributed by atoms with van der Waals surface area (Å²) in [7, 11) is 0. The van der Waals surface area contributed by atoms with E-state index < -0.39 is 0 Å². The number of piperazine rings is 1. The van der Waals surface area contributed by atoms with E-state index in [1.165, 1.54) is 6.07 Å². The molecule has 0 amide bonds. The van der Waals surface area contributed by atoms with Gasteiger partial charge in [0.15, 0.2) is 0 Å². The number of anilines is 1. The Hall–Kier alpha value is -0.610. The lowest BCUT2D eigenvalue weighted by Crippen LogP contribution is -2.54. The lowest BCUT2D eigenvalue weighted by Gasteiger charge is -2.39. The summed E-state index contributed by atoms with van der Waals surface area (Å²) < 4.78 is 14.7. The molecule has 1 aromatic carbocycles. The summed E-state index contributed by atoms with van der Waals surface area (Å²) in [6.07, 6.45) is 0. The molecule has 1 saturated heterocycles. The quantitative estimate of drug-likeness (QED) is 0.854. The molecule has 2 atom stereocenters. The average molecular weight is 287 g/mol. The zero-order valence-corrected chi connectivity index (χ0v) is 11.1. The molecule has 0 bridgehead atoms. The zero-order chi connectivity index (χ0) is 11.7. The molecule has 1 aliphatic rings. The van der Waals surface area contributed by atoms with Crippen molar-refractivity contribution in [2.24, 2.45) is 0 Å². The molecule has 0 saturated carbocycles. The Kier molecular flexibility index (Phi) is 3.50. The number of nitrogens with one attached hydrogen (secondary N) is 1. The SMILES string of the molecule is CC1CN(c2c(F)cccc2Br)C(C)CN1. The monoisotopic (exact) mass is 286 g/mol. The maximum atomic E-state index is 13.8. The van der Waals surface area contributed by atoms with Gasteiger partial charge in [-0.05, 0) is 41.9 Å². The van der Waals surface area contributed by atoms with Crippen LogP contribution in [0.25, 0.3) is 0 Å². The Bertz CT molecular complexity index is 363. The Labute approximate surface area is 104 Å². The number of para-hydroxylation sites is 1. The van der Waals surface area contributed by atoms with Gasteiger partial charge in [0.05, 0.1) is 5.69 Å². The van der Waals surface area contributed by atoms with Gasteiger partial charge in [-0.3, -0.25) is 0 Å². The van der Waals surface area contributed by atoms with Crippen LogP contribution in [0.2, 0.25) is 0 Å².